The van der Waals surface area contributed by atoms with Gasteiger partial charge in [0.05, 0.1) is 11.8 Å². The molecule has 0 bridgehead atoms. The maximum atomic E-state index is 13.7. The van der Waals surface area contributed by atoms with E-state index in [1.54, 1.807) is 6.07 Å². The van der Waals surface area contributed by atoms with E-state index in [1.807, 2.05) is 66.7 Å². The predicted octanol–water partition coefficient (Wildman–Crippen LogP) is 4.42. The molecule has 3 aromatic rings. The molecule has 0 saturated carbocycles. The molecule has 3 aromatic carbocycles. The smallest absolute Gasteiger partial charge is 0.145 e. The highest BCUT2D eigenvalue weighted by Gasteiger charge is 2.25. The minimum absolute atomic E-state index is 0.104. The lowest BCUT2D eigenvalue weighted by molar-refractivity contribution is 0.0322. The van der Waals surface area contributed by atoms with Gasteiger partial charge in [0.15, 0.2) is 0 Å². The first-order chi connectivity index (χ1) is 15.2. The molecule has 0 unspecified atom stereocenters. The molecule has 4 rings (SSSR count). The Morgan fingerprint density at radius 2 is 1.68 bits per heavy atom. The summed E-state index contributed by atoms with van der Waals surface area (Å²) in [6, 6.07) is 26.5. The van der Waals surface area contributed by atoms with Gasteiger partial charge in [-0.1, -0.05) is 78.0 Å². The first-order valence-electron chi connectivity index (χ1n) is 10.6. The Bertz CT molecular complexity index is 995. The van der Waals surface area contributed by atoms with Crippen LogP contribution in [-0.2, 0) is 17.8 Å². The van der Waals surface area contributed by atoms with E-state index >= 15 is 0 Å². The minimum atomic E-state index is -0.535. The number of halogens is 1. The van der Waals surface area contributed by atoms with Gasteiger partial charge in [-0.25, -0.2) is 4.39 Å². The SMILES string of the molecule is O[C@H](Cc1ccccc1)CN(Cc1cccc(F)c1)C[C@@H]1CC(c2ccccc2)=NO1. The Labute approximate surface area is 182 Å². The number of rotatable bonds is 9. The fourth-order valence-corrected chi connectivity index (χ4v) is 3.96. The average molecular weight is 419 g/mol. The molecule has 0 amide bonds. The van der Waals surface area contributed by atoms with Gasteiger partial charge in [0, 0.05) is 26.1 Å². The Morgan fingerprint density at radius 3 is 2.42 bits per heavy atom. The van der Waals surface area contributed by atoms with Crippen LogP contribution in [0.2, 0.25) is 0 Å². The highest BCUT2D eigenvalue weighted by molar-refractivity contribution is 6.01. The molecule has 1 aliphatic heterocycles. The molecule has 0 aromatic heterocycles. The van der Waals surface area contributed by atoms with Gasteiger partial charge in [-0.05, 0) is 35.2 Å². The summed E-state index contributed by atoms with van der Waals surface area (Å²) in [4.78, 5) is 7.82. The third-order valence-electron chi connectivity index (χ3n) is 5.38. The second-order valence-corrected chi connectivity index (χ2v) is 8.00. The quantitative estimate of drug-likeness (QED) is 0.559. The van der Waals surface area contributed by atoms with Gasteiger partial charge < -0.3 is 9.94 Å². The van der Waals surface area contributed by atoms with Gasteiger partial charge >= 0.3 is 0 Å². The van der Waals surface area contributed by atoms with Crippen LogP contribution in [0.15, 0.2) is 90.1 Å². The standard InChI is InChI=1S/C26H27FN2O2/c27-23-13-7-10-21(14-23)17-29(18-24(30)15-20-8-3-1-4-9-20)19-25-16-26(28-31-25)22-11-5-2-6-12-22/h1-14,24-25,30H,15-19H2/t24-,25+/m1/s1. The second-order valence-electron chi connectivity index (χ2n) is 8.00. The summed E-state index contributed by atoms with van der Waals surface area (Å²) in [6.07, 6.45) is 0.635. The molecule has 160 valence electrons. The lowest BCUT2D eigenvalue weighted by Gasteiger charge is -2.27. The molecule has 1 aliphatic rings. The van der Waals surface area contributed by atoms with E-state index in [1.165, 1.54) is 12.1 Å². The van der Waals surface area contributed by atoms with Gasteiger partial charge in [0.25, 0.3) is 0 Å². The maximum Gasteiger partial charge on any atom is 0.145 e. The maximum absolute atomic E-state index is 13.7. The summed E-state index contributed by atoms with van der Waals surface area (Å²) in [5, 5.41) is 15.0. The molecule has 0 saturated heterocycles. The largest absolute Gasteiger partial charge is 0.391 e. The molecule has 2 atom stereocenters. The first-order valence-corrected chi connectivity index (χ1v) is 10.6. The third kappa shape index (κ3) is 6.23. The zero-order valence-corrected chi connectivity index (χ0v) is 17.4. The minimum Gasteiger partial charge on any atom is -0.391 e. The van der Waals surface area contributed by atoms with Crippen LogP contribution in [0, 0.1) is 5.82 Å². The number of nitrogens with zero attached hydrogens (tertiary/aromatic N) is 2. The summed E-state index contributed by atoms with van der Waals surface area (Å²) in [5.74, 6) is -0.255. The molecule has 1 N–H and O–H groups in total. The molecule has 1 heterocycles. The van der Waals surface area contributed by atoms with Crippen LogP contribution in [0.4, 0.5) is 4.39 Å². The second kappa shape index (κ2) is 10.3. The number of aliphatic hydroxyl groups excluding tert-OH is 1. The molecule has 0 spiro atoms. The van der Waals surface area contributed by atoms with Crippen LogP contribution in [0.5, 0.6) is 0 Å². The van der Waals surface area contributed by atoms with Gasteiger partial charge in [0.2, 0.25) is 0 Å². The Morgan fingerprint density at radius 1 is 0.968 bits per heavy atom. The monoisotopic (exact) mass is 418 g/mol. The summed E-state index contributed by atoms with van der Waals surface area (Å²) < 4.78 is 13.7. The molecule has 31 heavy (non-hydrogen) atoms. The van der Waals surface area contributed by atoms with Crippen molar-refractivity contribution in [1.29, 1.82) is 0 Å². The van der Waals surface area contributed by atoms with E-state index < -0.39 is 6.10 Å². The van der Waals surface area contributed by atoms with E-state index in [4.69, 9.17) is 4.84 Å². The zero-order chi connectivity index (χ0) is 21.5. The summed E-state index contributed by atoms with van der Waals surface area (Å²) >= 11 is 0. The van der Waals surface area contributed by atoms with Crippen molar-refractivity contribution in [2.24, 2.45) is 5.16 Å². The number of benzene rings is 3. The lowest BCUT2D eigenvalue weighted by atomic mass is 10.0. The fourth-order valence-electron chi connectivity index (χ4n) is 3.96. The van der Waals surface area contributed by atoms with Gasteiger partial charge in [-0.3, -0.25) is 4.90 Å². The normalized spacial score (nSPS) is 16.7. The van der Waals surface area contributed by atoms with E-state index in [0.29, 0.717) is 32.5 Å². The Kier molecular flexibility index (Phi) is 7.07. The fraction of sp³-hybridized carbons (Fsp3) is 0.269. The molecule has 4 nitrogen and oxygen atoms in total. The molecule has 0 fully saturated rings. The number of oxime groups is 1. The van der Waals surface area contributed by atoms with Crippen LogP contribution < -0.4 is 0 Å². The van der Waals surface area contributed by atoms with Crippen molar-refractivity contribution >= 4 is 5.71 Å². The molecule has 0 aliphatic carbocycles. The Hall–Kier alpha value is -3.02. The van der Waals surface area contributed by atoms with Gasteiger partial charge in [-0.15, -0.1) is 0 Å². The first kappa shape index (κ1) is 21.2. The average Bonchev–Trinajstić information content (AvgIpc) is 3.23. The van der Waals surface area contributed by atoms with Crippen molar-refractivity contribution in [3.05, 3.63) is 107 Å². The van der Waals surface area contributed by atoms with E-state index in [0.717, 1.165) is 22.4 Å². The number of hydrogen-bond acceptors (Lipinski definition) is 4. The summed E-state index contributed by atoms with van der Waals surface area (Å²) in [5.41, 5.74) is 3.95. The predicted molar refractivity (Wildman–Crippen MR) is 120 cm³/mol. The van der Waals surface area contributed by atoms with E-state index in [9.17, 15) is 9.50 Å². The zero-order valence-electron chi connectivity index (χ0n) is 17.4. The third-order valence-corrected chi connectivity index (χ3v) is 5.38. The van der Waals surface area contributed by atoms with Crippen LogP contribution in [0.1, 0.15) is 23.1 Å². The van der Waals surface area contributed by atoms with Crippen LogP contribution in [0.25, 0.3) is 0 Å². The van der Waals surface area contributed by atoms with Crippen molar-refractivity contribution < 1.29 is 14.3 Å². The van der Waals surface area contributed by atoms with Gasteiger partial charge in [0.1, 0.15) is 11.9 Å². The van der Waals surface area contributed by atoms with E-state index in [-0.39, 0.29) is 11.9 Å². The topological polar surface area (TPSA) is 45.1 Å². The molecule has 0 radical (unpaired) electrons. The molecular formula is C26H27FN2O2. The lowest BCUT2D eigenvalue weighted by Crippen LogP contribution is -2.38. The van der Waals surface area contributed by atoms with E-state index in [2.05, 4.69) is 10.1 Å². The molecule has 5 heteroatoms. The van der Waals surface area contributed by atoms with Crippen molar-refractivity contribution in [3.8, 4) is 0 Å². The number of aliphatic hydroxyl groups is 1. The van der Waals surface area contributed by atoms with Crippen molar-refractivity contribution in [1.82, 2.24) is 4.90 Å². The Balaban J connectivity index is 1.41. The van der Waals surface area contributed by atoms with Crippen LogP contribution >= 0.6 is 0 Å². The van der Waals surface area contributed by atoms with Crippen LogP contribution in [-0.4, -0.2) is 41.0 Å². The highest BCUT2D eigenvalue weighted by atomic mass is 19.1. The van der Waals surface area contributed by atoms with Crippen molar-refractivity contribution in [2.45, 2.75) is 31.6 Å². The number of hydrogen-bond donors (Lipinski definition) is 1. The summed E-state index contributed by atoms with van der Waals surface area (Å²) in [6.45, 7) is 1.60. The van der Waals surface area contributed by atoms with Gasteiger partial charge in [-0.2, -0.15) is 0 Å². The summed E-state index contributed by atoms with van der Waals surface area (Å²) in [7, 11) is 0. The van der Waals surface area contributed by atoms with Crippen LogP contribution in [0.3, 0.4) is 0 Å². The highest BCUT2D eigenvalue weighted by Crippen LogP contribution is 2.19. The van der Waals surface area contributed by atoms with Crippen molar-refractivity contribution in [3.63, 3.8) is 0 Å². The molecular weight excluding hydrogens is 391 g/mol. The van der Waals surface area contributed by atoms with Crippen molar-refractivity contribution in [2.75, 3.05) is 13.1 Å².